The zero-order valence-corrected chi connectivity index (χ0v) is 52.6. The maximum atomic E-state index is 13.0. The summed E-state index contributed by atoms with van der Waals surface area (Å²) in [6.07, 6.45) is -0.579. The number of fused-ring (bicyclic) bond motifs is 5. The van der Waals surface area contributed by atoms with Crippen molar-refractivity contribution in [3.63, 3.8) is 0 Å². The van der Waals surface area contributed by atoms with Crippen LogP contribution < -0.4 is 14.2 Å². The number of phenols is 1. The number of hydrogen-bond donors (Lipinski definition) is 8. The second-order valence-electron chi connectivity index (χ2n) is 19.7. The molecule has 0 bridgehead atoms. The molecule has 0 radical (unpaired) electrons. The molecule has 41 heteroatoms. The normalized spacial score (nSPS) is 13.2. The maximum absolute atomic E-state index is 13.0. The number of nitrogens with zero attached hydrogens (tertiary/aromatic N) is 9. The Kier molecular flexibility index (Phi) is 18.5. The second kappa shape index (κ2) is 25.1. The average Bonchev–Trinajstić information content (AvgIpc) is 1.31. The van der Waals surface area contributed by atoms with Crippen molar-refractivity contribution in [2.24, 2.45) is 30.7 Å². The molecule has 0 aliphatic carbocycles. The Hall–Kier alpha value is -8.69. The number of methoxy groups -OCH3 is 1. The van der Waals surface area contributed by atoms with Gasteiger partial charge in [0.15, 0.2) is 5.75 Å². The number of azo groups is 3. The fourth-order valence-electron chi connectivity index (χ4n) is 9.08. The smallest absolute Gasteiger partial charge is 0.297 e. The van der Waals surface area contributed by atoms with E-state index >= 15 is 0 Å². The fraction of sp³-hybridized carbons (Fsp3) is 0.176. The molecule has 0 saturated carbocycles. The molecular formula is C51H45N9O25S7. The molecule has 0 unspecified atom stereocenters. The predicted molar refractivity (Wildman–Crippen MR) is 323 cm³/mol. The van der Waals surface area contributed by atoms with E-state index in [9.17, 15) is 91.3 Å². The minimum atomic E-state index is -5.35. The van der Waals surface area contributed by atoms with Crippen LogP contribution in [0.25, 0.3) is 49.0 Å². The van der Waals surface area contributed by atoms with Crippen molar-refractivity contribution < 1.29 is 110 Å². The Morgan fingerprint density at radius 3 is 1.52 bits per heavy atom. The molecule has 8 N–H and O–H groups in total. The lowest BCUT2D eigenvalue weighted by Crippen LogP contribution is -2.09. The minimum absolute atomic E-state index is 0.0413. The molecule has 0 amide bonds. The Morgan fingerprint density at radius 2 is 0.957 bits per heavy atom. The molecule has 92 heavy (non-hydrogen) atoms. The van der Waals surface area contributed by atoms with Gasteiger partial charge in [-0.05, 0) is 116 Å². The van der Waals surface area contributed by atoms with Crippen molar-refractivity contribution >= 4 is 148 Å². The van der Waals surface area contributed by atoms with Crippen LogP contribution in [-0.4, -0.2) is 143 Å². The Labute approximate surface area is 520 Å². The molecule has 9 aromatic rings. The van der Waals surface area contributed by atoms with Gasteiger partial charge in [-0.1, -0.05) is 6.07 Å². The van der Waals surface area contributed by atoms with Gasteiger partial charge >= 0.3 is 0 Å². The van der Waals surface area contributed by atoms with E-state index in [0.29, 0.717) is 17.7 Å². The van der Waals surface area contributed by atoms with Gasteiger partial charge in [-0.3, -0.25) is 31.9 Å². The summed E-state index contributed by atoms with van der Waals surface area (Å²) in [5.74, 6) is -2.90. The summed E-state index contributed by atoms with van der Waals surface area (Å²) < 4.78 is 257. The van der Waals surface area contributed by atoms with Gasteiger partial charge in [-0.15, -0.1) is 30.7 Å². The van der Waals surface area contributed by atoms with Gasteiger partial charge in [-0.25, -0.2) is 0 Å². The van der Waals surface area contributed by atoms with E-state index in [1.165, 1.54) is 81.6 Å². The van der Waals surface area contributed by atoms with Crippen LogP contribution in [0.4, 0.5) is 34.1 Å². The number of hydrogen-bond acceptors (Lipinski definition) is 26. The molecular weight excluding hydrogens is 1360 g/mol. The van der Waals surface area contributed by atoms with Crippen LogP contribution in [0.5, 0.6) is 23.0 Å². The molecule has 34 nitrogen and oxygen atoms in total. The first kappa shape index (κ1) is 67.7. The number of phenolic OH excluding ortho intramolecular Hbond substituents is 1. The van der Waals surface area contributed by atoms with E-state index in [-0.39, 0.29) is 103 Å². The van der Waals surface area contributed by atoms with Crippen molar-refractivity contribution in [1.29, 1.82) is 0 Å². The number of benzene rings is 8. The highest BCUT2D eigenvalue weighted by molar-refractivity contribution is 7.87. The highest BCUT2D eigenvalue weighted by Gasteiger charge is 2.28. The van der Waals surface area contributed by atoms with Crippen LogP contribution in [-0.2, 0) is 70.8 Å². The standard InChI is InChI=1S/C51H45N9O25S7/c1-26-16-41(56-57-49-47(91(77,78)79)19-28-18-29(6-7-32(28)50(49)61)60-58-37-10-9-34-35(48(37)59-60)20-31(89(71,72)73)23-46(34)90(74,75)76)44(83-3)24-39(26)54-55-42-17-27(2)40(25-45(42)85-13-5-15-87(65,66)67)53-52-38-11-8-33-36(51(38)92(80,81)82)21-30(88(68,69)70)22-43(33)84-12-4-14-86(62,63)64/h6-11,16-25,61H,4-5,12-15H2,1-3H3,(H,62,63,64)(H,65,66,67)(H,68,69,70)(H,71,72,73)(H,74,75,76)(H,77,78,79)(H,80,81,82). The van der Waals surface area contributed by atoms with Gasteiger partial charge in [0.25, 0.3) is 70.8 Å². The van der Waals surface area contributed by atoms with Crippen LogP contribution in [0.15, 0.2) is 152 Å². The van der Waals surface area contributed by atoms with Crippen molar-refractivity contribution in [2.75, 3.05) is 31.8 Å². The fourth-order valence-corrected chi connectivity index (χ4v) is 13.4. The quantitative estimate of drug-likeness (QED) is 0.0168. The van der Waals surface area contributed by atoms with Crippen LogP contribution in [0, 0.1) is 13.8 Å². The van der Waals surface area contributed by atoms with Crippen LogP contribution in [0.1, 0.15) is 24.0 Å². The van der Waals surface area contributed by atoms with E-state index < -0.39 is 142 Å². The van der Waals surface area contributed by atoms with E-state index in [1.807, 2.05) is 0 Å². The van der Waals surface area contributed by atoms with Gasteiger partial charge in [-0.2, -0.15) is 73.9 Å². The molecule has 9 rings (SSSR count). The zero-order chi connectivity index (χ0) is 67.4. The summed E-state index contributed by atoms with van der Waals surface area (Å²) in [6.45, 7) is 2.19. The number of aryl methyl sites for hydroxylation is 2. The summed E-state index contributed by atoms with van der Waals surface area (Å²) in [5.41, 5.74) is -0.870. The molecule has 0 fully saturated rings. The van der Waals surface area contributed by atoms with E-state index in [4.69, 9.17) is 18.8 Å². The first-order valence-corrected chi connectivity index (χ1v) is 36.0. The van der Waals surface area contributed by atoms with Gasteiger partial charge in [0.2, 0.25) is 0 Å². The molecule has 0 aliphatic rings. The first-order valence-electron chi connectivity index (χ1n) is 25.5. The number of rotatable bonds is 23. The topological polar surface area (TPSA) is 533 Å². The maximum Gasteiger partial charge on any atom is 0.297 e. The van der Waals surface area contributed by atoms with Crippen LogP contribution >= 0.6 is 0 Å². The number of aromatic hydroxyl groups is 1. The van der Waals surface area contributed by atoms with Crippen molar-refractivity contribution in [3.8, 4) is 28.7 Å². The molecule has 8 aromatic carbocycles. The van der Waals surface area contributed by atoms with Gasteiger partial charge in [0.1, 0.15) is 65.7 Å². The molecule has 1 heterocycles. The number of aromatic nitrogens is 3. The van der Waals surface area contributed by atoms with Gasteiger partial charge in [0, 0.05) is 45.1 Å². The van der Waals surface area contributed by atoms with E-state index in [1.54, 1.807) is 0 Å². The van der Waals surface area contributed by atoms with Crippen LogP contribution in [0.3, 0.4) is 0 Å². The van der Waals surface area contributed by atoms with E-state index in [0.717, 1.165) is 29.1 Å². The van der Waals surface area contributed by atoms with Crippen molar-refractivity contribution in [2.45, 2.75) is 51.2 Å². The third kappa shape index (κ3) is 15.3. The highest BCUT2D eigenvalue weighted by atomic mass is 32.2. The SMILES string of the molecule is COc1cc(N=Nc2cc(C)c(N=Nc3ccc4c(OCCCS(=O)(=O)O)cc(S(=O)(=O)O)cc4c3S(=O)(=O)O)cc2OCCCS(=O)(=O)O)c(C)cc1N=Nc1c(S(=O)(=O)O)cc2cc(-n3nc4ccc5c(S(=O)(=O)O)cc(S(=O)(=O)O)cc5c4n3)ccc2c1O. The summed E-state index contributed by atoms with van der Waals surface area (Å²) in [6, 6.07) is 17.9. The lowest BCUT2D eigenvalue weighted by Gasteiger charge is -2.14. The molecule has 486 valence electrons. The second-order valence-corrected chi connectivity index (χ2v) is 29.8. The molecule has 0 atom stereocenters. The summed E-state index contributed by atoms with van der Waals surface area (Å²) >= 11 is 0. The average molecular weight is 1410 g/mol. The summed E-state index contributed by atoms with van der Waals surface area (Å²) in [4.78, 5) is -3.63. The lowest BCUT2D eigenvalue weighted by atomic mass is 10.1. The van der Waals surface area contributed by atoms with Gasteiger partial charge in [0.05, 0.1) is 58.7 Å². The zero-order valence-electron chi connectivity index (χ0n) is 46.9. The lowest BCUT2D eigenvalue weighted by molar-refractivity contribution is 0.317. The summed E-state index contributed by atoms with van der Waals surface area (Å²) in [7, 11) is -33.4. The Balaban J connectivity index is 1.04. The number of ether oxygens (including phenoxy) is 3. The van der Waals surface area contributed by atoms with Crippen molar-refractivity contribution in [1.82, 2.24) is 15.0 Å². The van der Waals surface area contributed by atoms with Gasteiger partial charge < -0.3 is 19.3 Å². The highest BCUT2D eigenvalue weighted by Crippen LogP contribution is 2.46. The van der Waals surface area contributed by atoms with Crippen molar-refractivity contribution in [3.05, 3.63) is 108 Å². The monoisotopic (exact) mass is 1410 g/mol. The minimum Gasteiger partial charge on any atom is -0.505 e. The largest absolute Gasteiger partial charge is 0.505 e. The Bertz CT molecular complexity index is 5540. The Morgan fingerprint density at radius 1 is 0.446 bits per heavy atom. The van der Waals surface area contributed by atoms with E-state index in [2.05, 4.69) is 40.9 Å². The predicted octanol–water partition coefficient (Wildman–Crippen LogP) is 9.00. The third-order valence-electron chi connectivity index (χ3n) is 13.3. The third-order valence-corrected chi connectivity index (χ3v) is 19.2. The first-order chi connectivity index (χ1) is 42.7. The molecule has 0 spiro atoms. The molecule has 0 aliphatic heterocycles. The summed E-state index contributed by atoms with van der Waals surface area (Å²) in [5, 5.41) is 44.0. The molecule has 1 aromatic heterocycles. The molecule has 0 saturated heterocycles. The van der Waals surface area contributed by atoms with Crippen LogP contribution in [0.2, 0.25) is 0 Å².